The fourth-order valence-corrected chi connectivity index (χ4v) is 2.88. The second kappa shape index (κ2) is 6.63. The molecule has 0 saturated carbocycles. The Morgan fingerprint density at radius 1 is 1.08 bits per heavy atom. The molecule has 2 N–H and O–H groups in total. The van der Waals surface area contributed by atoms with Gasteiger partial charge in [0.25, 0.3) is 0 Å². The summed E-state index contributed by atoms with van der Waals surface area (Å²) >= 11 is 0. The molecule has 0 fully saturated rings. The highest BCUT2D eigenvalue weighted by molar-refractivity contribution is 5.87. The predicted octanol–water partition coefficient (Wildman–Crippen LogP) is 3.67. The van der Waals surface area contributed by atoms with Crippen LogP contribution in [0.4, 0.5) is 5.82 Å². The molecular weight excluding hydrogens is 316 g/mol. The zero-order valence-electron chi connectivity index (χ0n) is 15.3. The van der Waals surface area contributed by atoms with Crippen LogP contribution in [0.3, 0.4) is 0 Å². The van der Waals surface area contributed by atoms with E-state index in [0.29, 0.717) is 0 Å². The van der Waals surface area contributed by atoms with E-state index in [1.54, 1.807) is 20.5 Å². The van der Waals surface area contributed by atoms with Crippen molar-refractivity contribution in [1.82, 2.24) is 15.0 Å². The predicted molar refractivity (Wildman–Crippen MR) is 99.7 cm³/mol. The highest BCUT2D eigenvalue weighted by atomic mass is 16.5. The molecule has 0 bridgehead atoms. The SMILES string of the molecule is COc1ccc(C(C)(C)CNc2ncnc3[nH]c(C)cc23)cc1OC. The highest BCUT2D eigenvalue weighted by Gasteiger charge is 2.23. The monoisotopic (exact) mass is 340 g/mol. The van der Waals surface area contributed by atoms with Gasteiger partial charge < -0.3 is 19.8 Å². The smallest absolute Gasteiger partial charge is 0.161 e. The van der Waals surface area contributed by atoms with E-state index in [9.17, 15) is 0 Å². The number of aromatic nitrogens is 3. The van der Waals surface area contributed by atoms with Crippen molar-refractivity contribution >= 4 is 16.9 Å². The third-order valence-corrected chi connectivity index (χ3v) is 4.42. The lowest BCUT2D eigenvalue weighted by Gasteiger charge is -2.27. The van der Waals surface area contributed by atoms with Gasteiger partial charge in [0.2, 0.25) is 0 Å². The van der Waals surface area contributed by atoms with E-state index in [4.69, 9.17) is 9.47 Å². The van der Waals surface area contributed by atoms with Gasteiger partial charge in [0, 0.05) is 17.7 Å². The highest BCUT2D eigenvalue weighted by Crippen LogP contribution is 2.33. The van der Waals surface area contributed by atoms with E-state index in [1.807, 2.05) is 19.1 Å². The van der Waals surface area contributed by atoms with Gasteiger partial charge in [0.05, 0.1) is 19.6 Å². The van der Waals surface area contributed by atoms with Crippen LogP contribution in [-0.4, -0.2) is 35.7 Å². The fourth-order valence-electron chi connectivity index (χ4n) is 2.88. The van der Waals surface area contributed by atoms with Gasteiger partial charge in [0.1, 0.15) is 17.8 Å². The fraction of sp³-hybridized carbons (Fsp3) is 0.368. The van der Waals surface area contributed by atoms with E-state index < -0.39 is 0 Å². The Hall–Kier alpha value is -2.76. The van der Waals surface area contributed by atoms with Gasteiger partial charge in [-0.1, -0.05) is 19.9 Å². The summed E-state index contributed by atoms with van der Waals surface area (Å²) in [7, 11) is 3.29. The van der Waals surface area contributed by atoms with Crippen LogP contribution in [0.5, 0.6) is 11.5 Å². The third-order valence-electron chi connectivity index (χ3n) is 4.42. The first-order chi connectivity index (χ1) is 11.9. The molecule has 0 saturated heterocycles. The maximum Gasteiger partial charge on any atom is 0.161 e. The molecule has 6 nitrogen and oxygen atoms in total. The van der Waals surface area contributed by atoms with Gasteiger partial charge in [-0.25, -0.2) is 9.97 Å². The Morgan fingerprint density at radius 3 is 2.56 bits per heavy atom. The number of anilines is 1. The molecule has 6 heteroatoms. The summed E-state index contributed by atoms with van der Waals surface area (Å²) in [6.07, 6.45) is 1.57. The number of ether oxygens (including phenoxy) is 2. The molecule has 3 aromatic rings. The largest absolute Gasteiger partial charge is 0.493 e. The number of hydrogen-bond acceptors (Lipinski definition) is 5. The Morgan fingerprint density at radius 2 is 1.84 bits per heavy atom. The molecule has 25 heavy (non-hydrogen) atoms. The molecule has 1 aromatic carbocycles. The topological polar surface area (TPSA) is 72.1 Å². The average molecular weight is 340 g/mol. The number of hydrogen-bond donors (Lipinski definition) is 2. The molecule has 2 heterocycles. The number of nitrogens with one attached hydrogen (secondary N) is 2. The zero-order chi connectivity index (χ0) is 18.0. The van der Waals surface area contributed by atoms with Crippen LogP contribution in [0.15, 0.2) is 30.6 Å². The number of nitrogens with zero attached hydrogens (tertiary/aromatic N) is 2. The number of fused-ring (bicyclic) bond motifs is 1. The van der Waals surface area contributed by atoms with Gasteiger partial charge in [-0.2, -0.15) is 0 Å². The number of methoxy groups -OCH3 is 2. The number of benzene rings is 1. The summed E-state index contributed by atoms with van der Waals surface area (Å²) in [5.41, 5.74) is 2.95. The van der Waals surface area contributed by atoms with Crippen molar-refractivity contribution in [2.75, 3.05) is 26.1 Å². The normalized spacial score (nSPS) is 11.6. The summed E-state index contributed by atoms with van der Waals surface area (Å²) in [5, 5.41) is 4.47. The summed E-state index contributed by atoms with van der Waals surface area (Å²) in [4.78, 5) is 11.9. The van der Waals surface area contributed by atoms with Crippen molar-refractivity contribution < 1.29 is 9.47 Å². The minimum Gasteiger partial charge on any atom is -0.493 e. The molecule has 2 aromatic heterocycles. The number of aromatic amines is 1. The van der Waals surface area contributed by atoms with E-state index in [0.717, 1.165) is 46.2 Å². The summed E-state index contributed by atoms with van der Waals surface area (Å²) in [6.45, 7) is 7.10. The van der Waals surface area contributed by atoms with Gasteiger partial charge >= 0.3 is 0 Å². The third kappa shape index (κ3) is 3.38. The van der Waals surface area contributed by atoms with Gasteiger partial charge in [-0.15, -0.1) is 0 Å². The molecule has 0 aliphatic heterocycles. The van der Waals surface area contributed by atoms with E-state index >= 15 is 0 Å². The molecular formula is C19H24N4O2. The van der Waals surface area contributed by atoms with Gasteiger partial charge in [-0.3, -0.25) is 0 Å². The van der Waals surface area contributed by atoms with E-state index in [1.165, 1.54) is 0 Å². The molecule has 0 aliphatic rings. The standard InChI is InChI=1S/C19H24N4O2/c1-12-8-14-17(21-11-22-18(14)23-12)20-10-19(2,3)13-6-7-15(24-4)16(9-13)25-5/h6-9,11H,10H2,1-5H3,(H2,20,21,22,23). The lowest BCUT2D eigenvalue weighted by Crippen LogP contribution is -2.28. The quantitative estimate of drug-likeness (QED) is 0.716. The van der Waals surface area contributed by atoms with Crippen LogP contribution in [-0.2, 0) is 5.41 Å². The lowest BCUT2D eigenvalue weighted by atomic mass is 9.84. The first-order valence-electron chi connectivity index (χ1n) is 8.21. The Kier molecular flexibility index (Phi) is 4.53. The van der Waals surface area contributed by atoms with Crippen molar-refractivity contribution in [2.24, 2.45) is 0 Å². The first-order valence-corrected chi connectivity index (χ1v) is 8.21. The lowest BCUT2D eigenvalue weighted by molar-refractivity contribution is 0.353. The minimum absolute atomic E-state index is 0.123. The molecule has 0 amide bonds. The van der Waals surface area contributed by atoms with Crippen molar-refractivity contribution in [3.63, 3.8) is 0 Å². The van der Waals surface area contributed by atoms with Crippen LogP contribution < -0.4 is 14.8 Å². The number of aryl methyl sites for hydroxylation is 1. The van der Waals surface area contributed by atoms with Crippen molar-refractivity contribution in [1.29, 1.82) is 0 Å². The van der Waals surface area contributed by atoms with E-state index in [2.05, 4.69) is 46.2 Å². The van der Waals surface area contributed by atoms with Gasteiger partial charge in [-0.05, 0) is 30.7 Å². The molecule has 3 rings (SSSR count). The second-order valence-electron chi connectivity index (χ2n) is 6.74. The Balaban J connectivity index is 1.83. The van der Waals surface area contributed by atoms with Gasteiger partial charge in [0.15, 0.2) is 11.5 Å². The maximum absolute atomic E-state index is 5.43. The Labute approximate surface area is 147 Å². The second-order valence-corrected chi connectivity index (χ2v) is 6.74. The van der Waals surface area contributed by atoms with Crippen LogP contribution in [0.25, 0.3) is 11.0 Å². The zero-order valence-corrected chi connectivity index (χ0v) is 15.3. The first kappa shape index (κ1) is 17.1. The molecule has 0 radical (unpaired) electrons. The van der Waals surface area contributed by atoms with Crippen LogP contribution in [0.1, 0.15) is 25.1 Å². The molecule has 0 unspecified atom stereocenters. The van der Waals surface area contributed by atoms with Crippen molar-refractivity contribution in [2.45, 2.75) is 26.2 Å². The summed E-state index contributed by atoms with van der Waals surface area (Å²) < 4.78 is 10.7. The molecule has 0 spiro atoms. The van der Waals surface area contributed by atoms with Crippen molar-refractivity contribution in [3.05, 3.63) is 41.9 Å². The number of H-pyrrole nitrogens is 1. The Bertz CT molecular complexity index is 886. The minimum atomic E-state index is -0.123. The molecule has 132 valence electrons. The van der Waals surface area contributed by atoms with Crippen LogP contribution >= 0.6 is 0 Å². The van der Waals surface area contributed by atoms with Crippen LogP contribution in [0, 0.1) is 6.92 Å². The summed E-state index contributed by atoms with van der Waals surface area (Å²) in [6, 6.07) is 8.09. The maximum atomic E-state index is 5.43. The average Bonchev–Trinajstić information content (AvgIpc) is 3.00. The molecule has 0 aliphatic carbocycles. The van der Waals surface area contributed by atoms with Crippen LogP contribution in [0.2, 0.25) is 0 Å². The number of rotatable bonds is 6. The van der Waals surface area contributed by atoms with Crippen molar-refractivity contribution in [3.8, 4) is 11.5 Å². The van der Waals surface area contributed by atoms with E-state index in [-0.39, 0.29) is 5.41 Å². The summed E-state index contributed by atoms with van der Waals surface area (Å²) in [5.74, 6) is 2.30. The molecule has 0 atom stereocenters.